The van der Waals surface area contributed by atoms with Gasteiger partial charge in [-0.3, -0.25) is 0 Å². The molecule has 2 rings (SSSR count). The van der Waals surface area contributed by atoms with E-state index in [1.807, 2.05) is 26.1 Å². The van der Waals surface area contributed by atoms with Crippen LogP contribution in [0.1, 0.15) is 37.9 Å². The largest absolute Gasteiger partial charge is 0.353 e. The van der Waals surface area contributed by atoms with Crippen LogP contribution in [0, 0.1) is 6.92 Å². The number of anilines is 1. The van der Waals surface area contributed by atoms with E-state index in [4.69, 9.17) is 0 Å². The molecule has 0 saturated heterocycles. The zero-order valence-electron chi connectivity index (χ0n) is 12.6. The molecule has 0 aliphatic heterocycles. The van der Waals surface area contributed by atoms with E-state index < -0.39 is 0 Å². The maximum absolute atomic E-state index is 4.45. The van der Waals surface area contributed by atoms with Gasteiger partial charge in [-0.1, -0.05) is 50.2 Å². The standard InChI is InChI=1S/C15H18N2.C2H6/c1-12-9-10-15(16-11-12)17(3)13(2)14-7-5-4-6-8-14;1-2/h4-11,13H,1-3H3;1-2H3. The summed E-state index contributed by atoms with van der Waals surface area (Å²) in [5, 5.41) is 0. The van der Waals surface area contributed by atoms with Crippen molar-refractivity contribution in [3.8, 4) is 0 Å². The van der Waals surface area contributed by atoms with Crippen LogP contribution < -0.4 is 4.90 Å². The molecule has 0 radical (unpaired) electrons. The second-order valence-electron chi connectivity index (χ2n) is 4.39. The van der Waals surface area contributed by atoms with Gasteiger partial charge < -0.3 is 4.90 Å². The van der Waals surface area contributed by atoms with Crippen LogP contribution in [0.3, 0.4) is 0 Å². The van der Waals surface area contributed by atoms with Gasteiger partial charge in [0.25, 0.3) is 0 Å². The molecule has 0 aliphatic carbocycles. The summed E-state index contributed by atoms with van der Waals surface area (Å²) < 4.78 is 0. The normalized spacial score (nSPS) is 11.2. The Hall–Kier alpha value is -1.83. The van der Waals surface area contributed by atoms with Crippen molar-refractivity contribution in [2.24, 2.45) is 0 Å². The molecule has 102 valence electrons. The lowest BCUT2D eigenvalue weighted by atomic mass is 10.1. The fraction of sp³-hybridized carbons (Fsp3) is 0.353. The van der Waals surface area contributed by atoms with Gasteiger partial charge in [0.05, 0.1) is 6.04 Å². The van der Waals surface area contributed by atoms with Gasteiger partial charge in [0, 0.05) is 13.2 Å². The summed E-state index contributed by atoms with van der Waals surface area (Å²) in [6, 6.07) is 15.0. The van der Waals surface area contributed by atoms with Crippen molar-refractivity contribution in [3.63, 3.8) is 0 Å². The topological polar surface area (TPSA) is 16.1 Å². The van der Waals surface area contributed by atoms with Crippen molar-refractivity contribution in [1.82, 2.24) is 4.98 Å². The van der Waals surface area contributed by atoms with E-state index in [0.29, 0.717) is 6.04 Å². The van der Waals surface area contributed by atoms with Crippen LogP contribution in [0.5, 0.6) is 0 Å². The van der Waals surface area contributed by atoms with Gasteiger partial charge in [0.2, 0.25) is 0 Å². The molecule has 1 unspecified atom stereocenters. The molecular weight excluding hydrogens is 232 g/mol. The number of benzene rings is 1. The highest BCUT2D eigenvalue weighted by molar-refractivity contribution is 5.41. The van der Waals surface area contributed by atoms with Crippen LogP contribution in [0.25, 0.3) is 0 Å². The number of hydrogen-bond acceptors (Lipinski definition) is 2. The van der Waals surface area contributed by atoms with E-state index in [9.17, 15) is 0 Å². The summed E-state index contributed by atoms with van der Waals surface area (Å²) in [6.45, 7) is 8.24. The van der Waals surface area contributed by atoms with Crippen molar-refractivity contribution in [1.29, 1.82) is 0 Å². The average Bonchev–Trinajstić information content (AvgIpc) is 2.49. The first-order chi connectivity index (χ1) is 9.18. The molecule has 0 aliphatic rings. The van der Waals surface area contributed by atoms with Crippen LogP contribution in [-0.2, 0) is 0 Å². The van der Waals surface area contributed by atoms with E-state index in [-0.39, 0.29) is 0 Å². The number of aromatic nitrogens is 1. The zero-order chi connectivity index (χ0) is 14.3. The van der Waals surface area contributed by atoms with Gasteiger partial charge in [-0.15, -0.1) is 0 Å². The Morgan fingerprint density at radius 1 is 1.00 bits per heavy atom. The highest BCUT2D eigenvalue weighted by atomic mass is 15.2. The summed E-state index contributed by atoms with van der Waals surface area (Å²) >= 11 is 0. The molecule has 19 heavy (non-hydrogen) atoms. The van der Waals surface area contributed by atoms with E-state index in [2.05, 4.69) is 67.2 Å². The molecule has 2 nitrogen and oxygen atoms in total. The predicted octanol–water partition coefficient (Wildman–Crippen LogP) is 4.61. The molecule has 1 heterocycles. The predicted molar refractivity (Wildman–Crippen MR) is 83.6 cm³/mol. The molecule has 2 aromatic rings. The second kappa shape index (κ2) is 7.57. The van der Waals surface area contributed by atoms with Gasteiger partial charge in [-0.2, -0.15) is 0 Å². The van der Waals surface area contributed by atoms with Gasteiger partial charge in [0.15, 0.2) is 0 Å². The summed E-state index contributed by atoms with van der Waals surface area (Å²) in [7, 11) is 2.08. The monoisotopic (exact) mass is 256 g/mol. The zero-order valence-corrected chi connectivity index (χ0v) is 12.6. The number of pyridine rings is 1. The van der Waals surface area contributed by atoms with E-state index >= 15 is 0 Å². The molecule has 0 spiro atoms. The molecule has 0 bridgehead atoms. The van der Waals surface area contributed by atoms with Gasteiger partial charge in [0.1, 0.15) is 5.82 Å². The maximum Gasteiger partial charge on any atom is 0.128 e. The van der Waals surface area contributed by atoms with Crippen molar-refractivity contribution < 1.29 is 0 Å². The number of rotatable bonds is 3. The average molecular weight is 256 g/mol. The fourth-order valence-electron chi connectivity index (χ4n) is 1.82. The fourth-order valence-corrected chi connectivity index (χ4v) is 1.82. The molecule has 0 amide bonds. The van der Waals surface area contributed by atoms with Gasteiger partial charge in [-0.05, 0) is 31.0 Å². The third kappa shape index (κ3) is 4.09. The smallest absolute Gasteiger partial charge is 0.128 e. The molecular formula is C17H24N2. The summed E-state index contributed by atoms with van der Waals surface area (Å²) in [4.78, 5) is 6.64. The second-order valence-corrected chi connectivity index (χ2v) is 4.39. The lowest BCUT2D eigenvalue weighted by Crippen LogP contribution is -2.22. The number of aryl methyl sites for hydroxylation is 1. The van der Waals surface area contributed by atoms with E-state index in [0.717, 1.165) is 5.82 Å². The Balaban J connectivity index is 0.000000861. The van der Waals surface area contributed by atoms with Crippen molar-refractivity contribution >= 4 is 5.82 Å². The van der Waals surface area contributed by atoms with E-state index in [1.165, 1.54) is 11.1 Å². The van der Waals surface area contributed by atoms with Crippen LogP contribution in [0.2, 0.25) is 0 Å². The maximum atomic E-state index is 4.45. The third-order valence-corrected chi connectivity index (χ3v) is 3.12. The Kier molecular flexibility index (Phi) is 6.07. The first-order valence-electron chi connectivity index (χ1n) is 6.89. The minimum atomic E-state index is 0.325. The van der Waals surface area contributed by atoms with Gasteiger partial charge in [-0.25, -0.2) is 4.98 Å². The van der Waals surface area contributed by atoms with Crippen molar-refractivity contribution in [3.05, 3.63) is 59.8 Å². The minimum absolute atomic E-state index is 0.325. The molecule has 1 aromatic carbocycles. The van der Waals surface area contributed by atoms with Gasteiger partial charge >= 0.3 is 0 Å². The molecule has 0 N–H and O–H groups in total. The van der Waals surface area contributed by atoms with E-state index in [1.54, 1.807) is 0 Å². The first-order valence-corrected chi connectivity index (χ1v) is 6.89. The van der Waals surface area contributed by atoms with Crippen LogP contribution >= 0.6 is 0 Å². The molecule has 2 heteroatoms. The van der Waals surface area contributed by atoms with Crippen molar-refractivity contribution in [2.75, 3.05) is 11.9 Å². The Morgan fingerprint density at radius 3 is 2.16 bits per heavy atom. The van der Waals surface area contributed by atoms with Crippen LogP contribution in [0.15, 0.2) is 48.7 Å². The van der Waals surface area contributed by atoms with Crippen LogP contribution in [0.4, 0.5) is 5.82 Å². The molecule has 0 saturated carbocycles. The quantitative estimate of drug-likeness (QED) is 0.797. The Bertz CT molecular complexity index is 462. The Labute approximate surface area is 117 Å². The highest BCUT2D eigenvalue weighted by Gasteiger charge is 2.12. The number of nitrogens with zero attached hydrogens (tertiary/aromatic N) is 2. The SMILES string of the molecule is CC.Cc1ccc(N(C)C(C)c2ccccc2)nc1. The first kappa shape index (κ1) is 15.2. The number of hydrogen-bond donors (Lipinski definition) is 0. The molecule has 1 aromatic heterocycles. The highest BCUT2D eigenvalue weighted by Crippen LogP contribution is 2.23. The Morgan fingerprint density at radius 2 is 1.63 bits per heavy atom. The summed E-state index contributed by atoms with van der Waals surface area (Å²) in [5.74, 6) is 1.01. The summed E-state index contributed by atoms with van der Waals surface area (Å²) in [5.41, 5.74) is 2.49. The lowest BCUT2D eigenvalue weighted by Gasteiger charge is -2.26. The molecule has 0 fully saturated rings. The van der Waals surface area contributed by atoms with Crippen molar-refractivity contribution in [2.45, 2.75) is 33.7 Å². The van der Waals surface area contributed by atoms with Crippen LogP contribution in [-0.4, -0.2) is 12.0 Å². The third-order valence-electron chi connectivity index (χ3n) is 3.12. The minimum Gasteiger partial charge on any atom is -0.353 e. The lowest BCUT2D eigenvalue weighted by molar-refractivity contribution is 0.728. The summed E-state index contributed by atoms with van der Waals surface area (Å²) in [6.07, 6.45) is 1.91. The molecule has 1 atom stereocenters.